The fourth-order valence-corrected chi connectivity index (χ4v) is 1.97. The largest absolute Gasteiger partial charge is 0.489 e. The van der Waals surface area contributed by atoms with E-state index in [-0.39, 0.29) is 12.4 Å². The Bertz CT molecular complexity index is 662. The summed E-state index contributed by atoms with van der Waals surface area (Å²) in [6, 6.07) is 9.11. The van der Waals surface area contributed by atoms with Crippen LogP contribution >= 0.6 is 15.9 Å². The minimum Gasteiger partial charge on any atom is -0.489 e. The fraction of sp³-hybridized carbons (Fsp3) is 0.0714. The Labute approximate surface area is 123 Å². The van der Waals surface area contributed by atoms with Crippen molar-refractivity contribution < 1.29 is 13.9 Å². The van der Waals surface area contributed by atoms with Crippen LogP contribution in [0.3, 0.4) is 0 Å². The van der Waals surface area contributed by atoms with E-state index in [4.69, 9.17) is 16.2 Å². The quantitative estimate of drug-likeness (QED) is 0.841. The molecule has 0 spiro atoms. The number of amides is 1. The second kappa shape index (κ2) is 5.92. The fourth-order valence-electron chi connectivity index (χ4n) is 1.61. The third-order valence-electron chi connectivity index (χ3n) is 2.72. The minimum atomic E-state index is -0.536. The summed E-state index contributed by atoms with van der Waals surface area (Å²) in [4.78, 5) is 11.0. The Morgan fingerprint density at radius 2 is 2.00 bits per heavy atom. The molecule has 1 amide bonds. The van der Waals surface area contributed by atoms with Crippen LogP contribution in [-0.2, 0) is 6.61 Å². The SMILES string of the molecule is NC(=O)c1ccc(COc2ccc(F)c(Br)c2)c(N)c1. The molecule has 0 radical (unpaired) electrons. The topological polar surface area (TPSA) is 78.3 Å². The molecule has 0 bridgehead atoms. The van der Waals surface area contributed by atoms with Gasteiger partial charge in [-0.05, 0) is 46.3 Å². The van der Waals surface area contributed by atoms with Crippen LogP contribution in [0.15, 0.2) is 40.9 Å². The predicted octanol–water partition coefficient (Wildman–Crippen LogP) is 2.85. The summed E-state index contributed by atoms with van der Waals surface area (Å²) in [5, 5.41) is 0. The summed E-state index contributed by atoms with van der Waals surface area (Å²) in [6.07, 6.45) is 0. The highest BCUT2D eigenvalue weighted by Crippen LogP contribution is 2.23. The molecule has 0 atom stereocenters. The second-order valence-electron chi connectivity index (χ2n) is 4.14. The molecule has 0 aromatic heterocycles. The number of primary amides is 1. The molecular weight excluding hydrogens is 327 g/mol. The standard InChI is InChI=1S/C14H12BrFN2O2/c15-11-6-10(3-4-12(11)16)20-7-9-2-1-8(14(18)19)5-13(9)17/h1-6H,7,17H2,(H2,18,19). The van der Waals surface area contributed by atoms with Crippen LogP contribution in [0.1, 0.15) is 15.9 Å². The van der Waals surface area contributed by atoms with E-state index >= 15 is 0 Å². The summed E-state index contributed by atoms with van der Waals surface area (Å²) >= 11 is 3.08. The van der Waals surface area contributed by atoms with Crippen LogP contribution in [0.2, 0.25) is 0 Å². The Hall–Kier alpha value is -2.08. The predicted molar refractivity (Wildman–Crippen MR) is 77.8 cm³/mol. The van der Waals surface area contributed by atoms with Gasteiger partial charge in [-0.25, -0.2) is 4.39 Å². The van der Waals surface area contributed by atoms with Crippen molar-refractivity contribution in [1.29, 1.82) is 0 Å². The molecule has 2 aromatic carbocycles. The van der Waals surface area contributed by atoms with Crippen LogP contribution in [0.4, 0.5) is 10.1 Å². The molecular formula is C14H12BrFN2O2. The maximum absolute atomic E-state index is 13.1. The summed E-state index contributed by atoms with van der Waals surface area (Å²) in [7, 11) is 0. The van der Waals surface area contributed by atoms with E-state index in [2.05, 4.69) is 15.9 Å². The van der Waals surface area contributed by atoms with Gasteiger partial charge >= 0.3 is 0 Å². The lowest BCUT2D eigenvalue weighted by Gasteiger charge is -2.10. The number of hydrogen-bond acceptors (Lipinski definition) is 3. The third-order valence-corrected chi connectivity index (χ3v) is 3.32. The first-order valence-electron chi connectivity index (χ1n) is 5.73. The Morgan fingerprint density at radius 1 is 1.25 bits per heavy atom. The first-order valence-corrected chi connectivity index (χ1v) is 6.52. The van der Waals surface area contributed by atoms with Crippen LogP contribution < -0.4 is 16.2 Å². The number of rotatable bonds is 4. The number of hydrogen-bond donors (Lipinski definition) is 2. The van der Waals surface area contributed by atoms with Crippen LogP contribution in [-0.4, -0.2) is 5.91 Å². The van der Waals surface area contributed by atoms with E-state index in [9.17, 15) is 9.18 Å². The zero-order chi connectivity index (χ0) is 14.7. The number of nitrogens with two attached hydrogens (primary N) is 2. The van der Waals surface area contributed by atoms with Crippen LogP contribution in [0.25, 0.3) is 0 Å². The molecule has 4 N–H and O–H groups in total. The van der Waals surface area contributed by atoms with Gasteiger partial charge in [0, 0.05) is 16.8 Å². The molecule has 0 unspecified atom stereocenters. The van der Waals surface area contributed by atoms with Crippen molar-refractivity contribution in [2.24, 2.45) is 5.73 Å². The molecule has 20 heavy (non-hydrogen) atoms. The van der Waals surface area contributed by atoms with Crippen LogP contribution in [0.5, 0.6) is 5.75 Å². The van der Waals surface area contributed by atoms with Crippen molar-refractivity contribution in [3.05, 3.63) is 57.8 Å². The smallest absolute Gasteiger partial charge is 0.248 e. The average Bonchev–Trinajstić information content (AvgIpc) is 2.41. The molecule has 0 aliphatic carbocycles. The summed E-state index contributed by atoms with van der Waals surface area (Å²) in [5.74, 6) is -0.383. The zero-order valence-electron chi connectivity index (χ0n) is 10.4. The van der Waals surface area contributed by atoms with E-state index in [1.54, 1.807) is 12.1 Å². The third kappa shape index (κ3) is 3.27. The second-order valence-corrected chi connectivity index (χ2v) is 5.00. The molecule has 0 aliphatic rings. The zero-order valence-corrected chi connectivity index (χ0v) is 12.0. The molecule has 2 rings (SSSR count). The number of anilines is 1. The highest BCUT2D eigenvalue weighted by molar-refractivity contribution is 9.10. The van der Waals surface area contributed by atoms with Gasteiger partial charge in [-0.1, -0.05) is 6.07 Å². The molecule has 0 saturated heterocycles. The van der Waals surface area contributed by atoms with Gasteiger partial charge in [0.25, 0.3) is 0 Å². The normalized spacial score (nSPS) is 10.3. The van der Waals surface area contributed by atoms with Crippen molar-refractivity contribution in [2.45, 2.75) is 6.61 Å². The number of carbonyl (C=O) groups is 1. The molecule has 104 valence electrons. The van der Waals surface area contributed by atoms with Crippen molar-refractivity contribution in [3.8, 4) is 5.75 Å². The van der Waals surface area contributed by atoms with Crippen molar-refractivity contribution in [3.63, 3.8) is 0 Å². The monoisotopic (exact) mass is 338 g/mol. The van der Waals surface area contributed by atoms with Crippen molar-refractivity contribution in [1.82, 2.24) is 0 Å². The molecule has 0 heterocycles. The average molecular weight is 339 g/mol. The lowest BCUT2D eigenvalue weighted by Crippen LogP contribution is -2.12. The molecule has 0 fully saturated rings. The molecule has 6 heteroatoms. The molecule has 0 aliphatic heterocycles. The first-order chi connectivity index (χ1) is 9.47. The van der Waals surface area contributed by atoms with Gasteiger partial charge in [-0.3, -0.25) is 4.79 Å². The van der Waals surface area contributed by atoms with Crippen LogP contribution in [0, 0.1) is 5.82 Å². The lowest BCUT2D eigenvalue weighted by atomic mass is 10.1. The van der Waals surface area contributed by atoms with Gasteiger partial charge in [0.1, 0.15) is 18.2 Å². The number of nitrogen functional groups attached to an aromatic ring is 1. The van der Waals surface area contributed by atoms with Crippen molar-refractivity contribution in [2.75, 3.05) is 5.73 Å². The van der Waals surface area contributed by atoms with Gasteiger partial charge < -0.3 is 16.2 Å². The highest BCUT2D eigenvalue weighted by atomic mass is 79.9. The number of benzene rings is 2. The summed E-state index contributed by atoms with van der Waals surface area (Å²) in [5.41, 5.74) is 12.5. The van der Waals surface area contributed by atoms with E-state index in [0.29, 0.717) is 21.5 Å². The lowest BCUT2D eigenvalue weighted by molar-refractivity contribution is 0.100. The Morgan fingerprint density at radius 3 is 2.60 bits per heavy atom. The van der Waals surface area contributed by atoms with Gasteiger partial charge in [0.05, 0.1) is 4.47 Å². The van der Waals surface area contributed by atoms with E-state index in [1.165, 1.54) is 24.3 Å². The summed E-state index contributed by atoms with van der Waals surface area (Å²) in [6.45, 7) is 0.211. The molecule has 2 aromatic rings. The summed E-state index contributed by atoms with van der Waals surface area (Å²) < 4.78 is 18.9. The Balaban J connectivity index is 2.10. The minimum absolute atomic E-state index is 0.211. The molecule has 4 nitrogen and oxygen atoms in total. The van der Waals surface area contributed by atoms with E-state index in [0.717, 1.165) is 5.56 Å². The van der Waals surface area contributed by atoms with E-state index < -0.39 is 5.91 Å². The first kappa shape index (κ1) is 14.3. The number of ether oxygens (including phenoxy) is 1. The number of halogens is 2. The van der Waals surface area contributed by atoms with Gasteiger partial charge in [0.15, 0.2) is 0 Å². The maximum atomic E-state index is 13.1. The van der Waals surface area contributed by atoms with Gasteiger partial charge in [-0.2, -0.15) is 0 Å². The highest BCUT2D eigenvalue weighted by Gasteiger charge is 2.06. The van der Waals surface area contributed by atoms with Crippen molar-refractivity contribution >= 4 is 27.5 Å². The van der Waals surface area contributed by atoms with Gasteiger partial charge in [0.2, 0.25) is 5.91 Å². The number of carbonyl (C=O) groups excluding carboxylic acids is 1. The maximum Gasteiger partial charge on any atom is 0.248 e. The molecule has 0 saturated carbocycles. The van der Waals surface area contributed by atoms with E-state index in [1.807, 2.05) is 0 Å². The van der Waals surface area contributed by atoms with Gasteiger partial charge in [-0.15, -0.1) is 0 Å². The Kier molecular flexibility index (Phi) is 4.24.